The second kappa shape index (κ2) is 8.35. The van der Waals surface area contributed by atoms with Gasteiger partial charge in [-0.15, -0.1) is 0 Å². The van der Waals surface area contributed by atoms with Crippen molar-refractivity contribution in [2.75, 3.05) is 14.1 Å². The molecule has 7 heteroatoms. The van der Waals surface area contributed by atoms with Crippen LogP contribution in [0.2, 0.25) is 0 Å². The molecule has 3 rings (SSSR count). The molecule has 7 nitrogen and oxygen atoms in total. The lowest BCUT2D eigenvalue weighted by Crippen LogP contribution is -2.47. The van der Waals surface area contributed by atoms with Crippen LogP contribution in [-0.4, -0.2) is 46.4 Å². The molecule has 0 spiro atoms. The molecule has 3 N–H and O–H groups in total. The average Bonchev–Trinajstić information content (AvgIpc) is 3.09. The fraction of sp³-hybridized carbons (Fsp3) is 0.450. The van der Waals surface area contributed by atoms with Gasteiger partial charge in [0.15, 0.2) is 0 Å². The number of hydrogen-bond acceptors (Lipinski definition) is 4. The molecule has 0 radical (unpaired) electrons. The monoisotopic (exact) mass is 369 g/mol. The molecule has 2 amide bonds. The fourth-order valence-corrected chi connectivity index (χ4v) is 3.64. The highest BCUT2D eigenvalue weighted by Gasteiger charge is 2.30. The van der Waals surface area contributed by atoms with E-state index in [-0.39, 0.29) is 23.8 Å². The number of aromatic nitrogens is 2. The molecule has 1 fully saturated rings. The Morgan fingerprint density at radius 3 is 2.59 bits per heavy atom. The number of benzene rings is 1. The summed E-state index contributed by atoms with van der Waals surface area (Å²) < 4.78 is 2.01. The summed E-state index contributed by atoms with van der Waals surface area (Å²) in [5.41, 5.74) is 7.02. The maximum absolute atomic E-state index is 12.6. The number of nitrogens with two attached hydrogens (primary N) is 1. The van der Waals surface area contributed by atoms with Crippen LogP contribution in [-0.2, 0) is 11.3 Å². The van der Waals surface area contributed by atoms with Gasteiger partial charge in [0.1, 0.15) is 5.82 Å². The molecule has 1 aliphatic rings. The second-order valence-corrected chi connectivity index (χ2v) is 7.37. The minimum absolute atomic E-state index is 0.168. The number of hydrogen-bond donors (Lipinski definition) is 2. The molecule has 0 bridgehead atoms. The average molecular weight is 369 g/mol. The van der Waals surface area contributed by atoms with E-state index in [1.54, 1.807) is 18.3 Å². The molecule has 0 saturated heterocycles. The summed E-state index contributed by atoms with van der Waals surface area (Å²) in [7, 11) is 3.99. The lowest BCUT2D eigenvalue weighted by molar-refractivity contribution is -0.123. The number of carbonyl (C=O) groups excluding carboxylic acids is 2. The first-order valence-corrected chi connectivity index (χ1v) is 9.33. The van der Waals surface area contributed by atoms with E-state index in [4.69, 9.17) is 5.73 Å². The van der Waals surface area contributed by atoms with E-state index in [1.165, 1.54) is 0 Å². The lowest BCUT2D eigenvalue weighted by atomic mass is 9.84. The Bertz CT molecular complexity index is 797. The zero-order valence-corrected chi connectivity index (χ0v) is 15.9. The molecule has 1 saturated carbocycles. The van der Waals surface area contributed by atoms with Gasteiger partial charge in [-0.25, -0.2) is 4.98 Å². The van der Waals surface area contributed by atoms with Crippen LogP contribution in [0.1, 0.15) is 41.9 Å². The summed E-state index contributed by atoms with van der Waals surface area (Å²) >= 11 is 0. The predicted molar refractivity (Wildman–Crippen MR) is 103 cm³/mol. The number of rotatable bonds is 6. The van der Waals surface area contributed by atoms with Gasteiger partial charge in [-0.2, -0.15) is 0 Å². The minimum Gasteiger partial charge on any atom is -0.369 e. The smallest absolute Gasteiger partial charge is 0.251 e. The first-order valence-electron chi connectivity index (χ1n) is 9.33. The van der Waals surface area contributed by atoms with E-state index in [0.29, 0.717) is 5.56 Å². The van der Waals surface area contributed by atoms with Crippen molar-refractivity contribution in [1.29, 1.82) is 0 Å². The summed E-state index contributed by atoms with van der Waals surface area (Å²) in [5, 5.41) is 2.99. The summed E-state index contributed by atoms with van der Waals surface area (Å²) in [6, 6.07) is 7.23. The zero-order valence-electron chi connectivity index (χ0n) is 15.9. The van der Waals surface area contributed by atoms with Gasteiger partial charge in [0.05, 0.1) is 12.5 Å². The Hall–Kier alpha value is -2.67. The molecule has 1 heterocycles. The first-order chi connectivity index (χ1) is 13.0. The molecule has 1 aromatic heterocycles. The van der Waals surface area contributed by atoms with Crippen LogP contribution >= 0.6 is 0 Å². The Kier molecular flexibility index (Phi) is 5.91. The summed E-state index contributed by atoms with van der Waals surface area (Å²) in [5.74, 6) is 0.160. The fourth-order valence-electron chi connectivity index (χ4n) is 3.64. The van der Waals surface area contributed by atoms with Gasteiger partial charge in [-0.05, 0) is 51.2 Å². The Morgan fingerprint density at radius 1 is 1.22 bits per heavy atom. The normalized spacial score (nSPS) is 19.8. The Balaban J connectivity index is 1.71. The highest BCUT2D eigenvalue weighted by molar-refractivity contribution is 5.95. The molecular weight excluding hydrogens is 342 g/mol. The van der Waals surface area contributed by atoms with Crippen LogP contribution in [0.5, 0.6) is 0 Å². The van der Waals surface area contributed by atoms with Crippen molar-refractivity contribution < 1.29 is 9.59 Å². The summed E-state index contributed by atoms with van der Waals surface area (Å²) in [6.07, 6.45) is 7.20. The molecule has 2 atom stereocenters. The maximum atomic E-state index is 12.6. The second-order valence-electron chi connectivity index (χ2n) is 7.37. The third-order valence-corrected chi connectivity index (χ3v) is 5.03. The van der Waals surface area contributed by atoms with E-state index >= 15 is 0 Å². The van der Waals surface area contributed by atoms with Crippen LogP contribution < -0.4 is 11.1 Å². The van der Waals surface area contributed by atoms with Crippen molar-refractivity contribution in [1.82, 2.24) is 19.8 Å². The molecule has 144 valence electrons. The van der Waals surface area contributed by atoms with Crippen molar-refractivity contribution in [2.45, 2.75) is 38.3 Å². The van der Waals surface area contributed by atoms with Gasteiger partial charge in [0.2, 0.25) is 5.91 Å². The minimum atomic E-state index is -0.330. The number of imidazole rings is 1. The largest absolute Gasteiger partial charge is 0.369 e. The lowest BCUT2D eigenvalue weighted by Gasteiger charge is -2.30. The van der Waals surface area contributed by atoms with Gasteiger partial charge in [-0.3, -0.25) is 9.59 Å². The van der Waals surface area contributed by atoms with Crippen LogP contribution in [0, 0.1) is 5.92 Å². The van der Waals surface area contributed by atoms with Gasteiger partial charge in [0.25, 0.3) is 5.91 Å². The molecule has 27 heavy (non-hydrogen) atoms. The van der Waals surface area contributed by atoms with Crippen LogP contribution in [0.25, 0.3) is 5.69 Å². The maximum Gasteiger partial charge on any atom is 0.251 e. The molecule has 1 aliphatic carbocycles. The zero-order chi connectivity index (χ0) is 19.4. The number of nitrogens with one attached hydrogen (secondary N) is 1. The quantitative estimate of drug-likeness (QED) is 0.811. The van der Waals surface area contributed by atoms with Gasteiger partial charge < -0.3 is 20.5 Å². The van der Waals surface area contributed by atoms with Crippen molar-refractivity contribution in [2.24, 2.45) is 11.7 Å². The van der Waals surface area contributed by atoms with Gasteiger partial charge in [-0.1, -0.05) is 12.8 Å². The first kappa shape index (κ1) is 19.1. The Labute approximate surface area is 159 Å². The molecule has 0 aliphatic heterocycles. The van der Waals surface area contributed by atoms with E-state index in [2.05, 4.69) is 15.2 Å². The number of amides is 2. The SMILES string of the molecule is CN(C)Cc1nccn1-c1ccc(C(=O)NC2CCCCC2C(N)=O)cc1. The van der Waals surface area contributed by atoms with Crippen molar-refractivity contribution in [3.8, 4) is 5.69 Å². The molecule has 1 aromatic carbocycles. The molecular formula is C20H27N5O2. The topological polar surface area (TPSA) is 93.2 Å². The van der Waals surface area contributed by atoms with E-state index in [1.807, 2.05) is 37.0 Å². The summed E-state index contributed by atoms with van der Waals surface area (Å²) in [6.45, 7) is 0.728. The van der Waals surface area contributed by atoms with Crippen LogP contribution in [0.4, 0.5) is 0 Å². The van der Waals surface area contributed by atoms with Gasteiger partial charge in [0, 0.05) is 29.7 Å². The number of primary amides is 1. The van der Waals surface area contributed by atoms with E-state index < -0.39 is 0 Å². The number of nitrogens with zero attached hydrogens (tertiary/aromatic N) is 3. The van der Waals surface area contributed by atoms with Gasteiger partial charge >= 0.3 is 0 Å². The van der Waals surface area contributed by atoms with Crippen LogP contribution in [0.3, 0.4) is 0 Å². The standard InChI is InChI=1S/C20H27N5O2/c1-24(2)13-18-22-11-12-25(18)15-9-7-14(8-10-15)20(27)23-17-6-4-3-5-16(17)19(21)26/h7-12,16-17H,3-6,13H2,1-2H3,(H2,21,26)(H,23,27). The van der Waals surface area contributed by atoms with E-state index in [9.17, 15) is 9.59 Å². The highest BCUT2D eigenvalue weighted by atomic mass is 16.2. The van der Waals surface area contributed by atoms with Crippen LogP contribution in [0.15, 0.2) is 36.7 Å². The Morgan fingerprint density at radius 2 is 1.93 bits per heavy atom. The third-order valence-electron chi connectivity index (χ3n) is 5.03. The highest BCUT2D eigenvalue weighted by Crippen LogP contribution is 2.24. The predicted octanol–water partition coefficient (Wildman–Crippen LogP) is 1.71. The molecule has 2 aromatic rings. The third kappa shape index (κ3) is 4.54. The van der Waals surface area contributed by atoms with E-state index in [0.717, 1.165) is 43.7 Å². The van der Waals surface area contributed by atoms with Crippen molar-refractivity contribution in [3.63, 3.8) is 0 Å². The van der Waals surface area contributed by atoms with Crippen molar-refractivity contribution in [3.05, 3.63) is 48.0 Å². The molecule has 2 unspecified atom stereocenters. The summed E-state index contributed by atoms with van der Waals surface area (Å²) in [4.78, 5) is 30.7. The number of carbonyl (C=O) groups is 2. The van der Waals surface area contributed by atoms with Crippen molar-refractivity contribution >= 4 is 11.8 Å².